The fourth-order valence-electron chi connectivity index (χ4n) is 4.74. The van der Waals surface area contributed by atoms with Gasteiger partial charge in [0.15, 0.2) is 0 Å². The summed E-state index contributed by atoms with van der Waals surface area (Å²) in [5, 5.41) is 7.51. The second kappa shape index (κ2) is 6.09. The highest BCUT2D eigenvalue weighted by Crippen LogP contribution is 2.55. The van der Waals surface area contributed by atoms with Crippen LogP contribution in [-0.2, 0) is 10.5 Å². The van der Waals surface area contributed by atoms with Gasteiger partial charge in [0.05, 0.1) is 23.0 Å². The fraction of sp³-hybridized carbons (Fsp3) is 0.167. The molecule has 148 valence electrons. The average Bonchev–Trinajstić information content (AvgIpc) is 3.31. The quantitative estimate of drug-likeness (QED) is 0.578. The number of hydrazone groups is 1. The molecule has 2 atom stereocenters. The lowest BCUT2D eigenvalue weighted by molar-refractivity contribution is -0.163. The number of para-hydroxylation sites is 2. The Labute approximate surface area is 179 Å². The van der Waals surface area contributed by atoms with Gasteiger partial charge in [-0.2, -0.15) is 5.10 Å². The maximum Gasteiger partial charge on any atom is 0.306 e. The summed E-state index contributed by atoms with van der Waals surface area (Å²) >= 11 is 6.08. The first-order chi connectivity index (χ1) is 14.6. The molecule has 0 unspecified atom stereocenters. The van der Waals surface area contributed by atoms with E-state index in [0.29, 0.717) is 11.4 Å². The van der Waals surface area contributed by atoms with Gasteiger partial charge in [0.25, 0.3) is 5.91 Å². The van der Waals surface area contributed by atoms with Crippen molar-refractivity contribution in [3.8, 4) is 5.75 Å². The van der Waals surface area contributed by atoms with Crippen molar-refractivity contribution in [1.29, 1.82) is 0 Å². The van der Waals surface area contributed by atoms with E-state index in [-0.39, 0.29) is 11.9 Å². The topological polar surface area (TPSA) is 45.1 Å². The molecule has 3 heterocycles. The van der Waals surface area contributed by atoms with Crippen molar-refractivity contribution in [2.24, 2.45) is 5.10 Å². The SMILES string of the molecule is CN1C(=O)[C@]2(Oc3ccccc3[C@H]3CC(c4ccc(Cl)cc4)=NN32)c2ccccc21. The molecule has 0 radical (unpaired) electrons. The summed E-state index contributed by atoms with van der Waals surface area (Å²) in [5.74, 6) is 0.592. The summed E-state index contributed by atoms with van der Waals surface area (Å²) in [6.07, 6.45) is 0.683. The van der Waals surface area contributed by atoms with Crippen molar-refractivity contribution in [2.45, 2.75) is 18.2 Å². The maximum absolute atomic E-state index is 13.7. The van der Waals surface area contributed by atoms with Crippen LogP contribution in [0.4, 0.5) is 5.69 Å². The van der Waals surface area contributed by atoms with Crippen LogP contribution in [0.25, 0.3) is 0 Å². The molecule has 3 aromatic rings. The molecule has 1 spiro atoms. The van der Waals surface area contributed by atoms with E-state index in [9.17, 15) is 4.79 Å². The number of benzene rings is 3. The minimum absolute atomic E-state index is 0.0934. The van der Waals surface area contributed by atoms with Crippen molar-refractivity contribution in [1.82, 2.24) is 5.01 Å². The van der Waals surface area contributed by atoms with Gasteiger partial charge < -0.3 is 9.64 Å². The Morgan fingerprint density at radius 1 is 1.03 bits per heavy atom. The fourth-order valence-corrected chi connectivity index (χ4v) is 4.86. The van der Waals surface area contributed by atoms with Crippen LogP contribution in [0.15, 0.2) is 77.9 Å². The van der Waals surface area contributed by atoms with Gasteiger partial charge in [0.2, 0.25) is 0 Å². The molecular weight excluding hydrogens is 398 g/mol. The highest BCUT2D eigenvalue weighted by molar-refractivity contribution is 6.30. The molecule has 6 rings (SSSR count). The molecular formula is C24H18ClN3O2. The number of likely N-dealkylation sites (N-methyl/N-ethyl adjacent to an activating group) is 1. The van der Waals surface area contributed by atoms with Crippen LogP contribution in [0.3, 0.4) is 0 Å². The molecule has 3 aliphatic heterocycles. The summed E-state index contributed by atoms with van der Waals surface area (Å²) in [6.45, 7) is 0. The predicted octanol–water partition coefficient (Wildman–Crippen LogP) is 4.71. The molecule has 0 N–H and O–H groups in total. The highest BCUT2D eigenvalue weighted by Gasteiger charge is 2.62. The molecule has 3 aliphatic rings. The summed E-state index contributed by atoms with van der Waals surface area (Å²) in [7, 11) is 1.79. The Balaban J connectivity index is 1.58. The number of anilines is 1. The number of amides is 1. The van der Waals surface area contributed by atoms with Crippen LogP contribution < -0.4 is 9.64 Å². The minimum atomic E-state index is -1.31. The van der Waals surface area contributed by atoms with Gasteiger partial charge in [0.1, 0.15) is 5.75 Å². The van der Waals surface area contributed by atoms with E-state index in [2.05, 4.69) is 6.07 Å². The van der Waals surface area contributed by atoms with Crippen LogP contribution in [0, 0.1) is 0 Å². The van der Waals surface area contributed by atoms with Gasteiger partial charge in [-0.25, -0.2) is 5.01 Å². The summed E-state index contributed by atoms with van der Waals surface area (Å²) in [4.78, 5) is 15.3. The molecule has 3 aromatic carbocycles. The van der Waals surface area contributed by atoms with Gasteiger partial charge in [-0.3, -0.25) is 4.79 Å². The summed E-state index contributed by atoms with van der Waals surface area (Å²) < 4.78 is 6.51. The van der Waals surface area contributed by atoms with Crippen molar-refractivity contribution in [2.75, 3.05) is 11.9 Å². The molecule has 0 saturated heterocycles. The second-order valence-corrected chi connectivity index (χ2v) is 8.22. The predicted molar refractivity (Wildman–Crippen MR) is 116 cm³/mol. The lowest BCUT2D eigenvalue weighted by Crippen LogP contribution is -2.56. The van der Waals surface area contributed by atoms with Crippen molar-refractivity contribution < 1.29 is 9.53 Å². The monoisotopic (exact) mass is 415 g/mol. The zero-order chi connectivity index (χ0) is 20.5. The third-order valence-electron chi connectivity index (χ3n) is 6.17. The molecule has 1 amide bonds. The Morgan fingerprint density at radius 3 is 2.60 bits per heavy atom. The Hall–Kier alpha value is -3.31. The highest BCUT2D eigenvalue weighted by atomic mass is 35.5. The van der Waals surface area contributed by atoms with Crippen LogP contribution in [-0.4, -0.2) is 23.7 Å². The standard InChI is InChI=1S/C24H18ClN3O2/c1-27-20-8-4-3-7-18(20)24(23(27)29)28-21(17-6-2-5-9-22(17)30-24)14-19(26-28)15-10-12-16(25)13-11-15/h2-13,21H,14H2,1H3/t21-,24-/m1/s1. The van der Waals surface area contributed by atoms with Gasteiger partial charge >= 0.3 is 5.72 Å². The third-order valence-corrected chi connectivity index (χ3v) is 6.42. The van der Waals surface area contributed by atoms with E-state index in [1.165, 1.54) is 0 Å². The van der Waals surface area contributed by atoms with Gasteiger partial charge in [-0.1, -0.05) is 60.1 Å². The number of hydrogen-bond acceptors (Lipinski definition) is 4. The number of fused-ring (bicyclic) bond motifs is 6. The van der Waals surface area contributed by atoms with Crippen LogP contribution in [0.1, 0.15) is 29.2 Å². The molecule has 0 fully saturated rings. The smallest absolute Gasteiger partial charge is 0.306 e. The lowest BCUT2D eigenvalue weighted by Gasteiger charge is -2.44. The second-order valence-electron chi connectivity index (χ2n) is 7.78. The van der Waals surface area contributed by atoms with Crippen molar-refractivity contribution in [3.63, 3.8) is 0 Å². The first kappa shape index (κ1) is 17.5. The van der Waals surface area contributed by atoms with Crippen LogP contribution in [0.5, 0.6) is 5.75 Å². The summed E-state index contributed by atoms with van der Waals surface area (Å²) in [6, 6.07) is 23.3. The molecule has 0 saturated carbocycles. The first-order valence-electron chi connectivity index (χ1n) is 9.88. The molecule has 6 heteroatoms. The van der Waals surface area contributed by atoms with Crippen LogP contribution >= 0.6 is 11.6 Å². The Morgan fingerprint density at radius 2 is 1.77 bits per heavy atom. The van der Waals surface area contributed by atoms with Gasteiger partial charge in [-0.05, 0) is 29.8 Å². The van der Waals surface area contributed by atoms with E-state index in [4.69, 9.17) is 21.4 Å². The first-order valence-corrected chi connectivity index (χ1v) is 10.3. The maximum atomic E-state index is 13.7. The van der Waals surface area contributed by atoms with E-state index in [0.717, 1.165) is 33.8 Å². The molecule has 5 nitrogen and oxygen atoms in total. The summed E-state index contributed by atoms with van der Waals surface area (Å²) in [5.41, 5.74) is 3.30. The minimum Gasteiger partial charge on any atom is -0.453 e. The van der Waals surface area contributed by atoms with E-state index in [1.54, 1.807) is 11.9 Å². The third kappa shape index (κ3) is 2.18. The van der Waals surface area contributed by atoms with E-state index < -0.39 is 5.72 Å². The van der Waals surface area contributed by atoms with Gasteiger partial charge in [-0.15, -0.1) is 0 Å². The number of nitrogens with zero attached hydrogens (tertiary/aromatic N) is 3. The van der Waals surface area contributed by atoms with Crippen molar-refractivity contribution >= 4 is 28.9 Å². The molecule has 0 aromatic heterocycles. The number of hydrogen-bond donors (Lipinski definition) is 0. The number of halogens is 1. The largest absolute Gasteiger partial charge is 0.453 e. The zero-order valence-corrected chi connectivity index (χ0v) is 17.0. The Kier molecular flexibility index (Phi) is 3.56. The number of carbonyl (C=O) groups excluding carboxylic acids is 1. The van der Waals surface area contributed by atoms with Crippen LogP contribution in [0.2, 0.25) is 5.02 Å². The average molecular weight is 416 g/mol. The van der Waals surface area contributed by atoms with Crippen molar-refractivity contribution in [3.05, 3.63) is 94.5 Å². The molecule has 0 bridgehead atoms. The normalized spacial score (nSPS) is 23.7. The molecule has 30 heavy (non-hydrogen) atoms. The zero-order valence-electron chi connectivity index (χ0n) is 16.2. The number of ether oxygens (including phenoxy) is 1. The molecule has 0 aliphatic carbocycles. The van der Waals surface area contributed by atoms with E-state index in [1.807, 2.05) is 71.7 Å². The van der Waals surface area contributed by atoms with E-state index >= 15 is 0 Å². The van der Waals surface area contributed by atoms with Gasteiger partial charge in [0, 0.05) is 24.1 Å². The number of carbonyl (C=O) groups is 1. The lowest BCUT2D eigenvalue weighted by atomic mass is 9.92. The number of rotatable bonds is 1. The Bertz CT molecular complexity index is 1220.